The van der Waals surface area contributed by atoms with Crippen molar-refractivity contribution in [3.8, 4) is 11.3 Å². The number of amides is 2. The molecule has 7 heteroatoms. The second kappa shape index (κ2) is 10.9. The molecule has 5 rings (SSSR count). The molecule has 0 atom stereocenters. The number of fused-ring (bicyclic) bond motifs is 1. The van der Waals surface area contributed by atoms with E-state index in [1.54, 1.807) is 18.2 Å². The molecule has 0 saturated carbocycles. The molecule has 0 bridgehead atoms. The van der Waals surface area contributed by atoms with Crippen molar-refractivity contribution in [3.63, 3.8) is 0 Å². The number of carbonyl (C=O) groups excluding carboxylic acids is 2. The molecule has 1 fully saturated rings. The van der Waals surface area contributed by atoms with Gasteiger partial charge in [-0.1, -0.05) is 30.3 Å². The summed E-state index contributed by atoms with van der Waals surface area (Å²) in [6.07, 6.45) is 2.55. The molecule has 1 aliphatic rings. The minimum Gasteiger partial charge on any atom is -0.369 e. The molecule has 6 nitrogen and oxygen atoms in total. The van der Waals surface area contributed by atoms with Crippen LogP contribution in [0.2, 0.25) is 0 Å². The molecular formula is C30H29FN4O2. The summed E-state index contributed by atoms with van der Waals surface area (Å²) in [5.74, 6) is -0.738. The van der Waals surface area contributed by atoms with E-state index < -0.39 is 0 Å². The number of hydrogen-bond acceptors (Lipinski definition) is 4. The molecule has 2 heterocycles. The third kappa shape index (κ3) is 5.84. The number of likely N-dealkylation sites (tertiary alicyclic amines) is 1. The minimum atomic E-state index is -0.321. The van der Waals surface area contributed by atoms with E-state index in [1.807, 2.05) is 48.5 Å². The van der Waals surface area contributed by atoms with Crippen molar-refractivity contribution < 1.29 is 14.0 Å². The van der Waals surface area contributed by atoms with Crippen molar-refractivity contribution >= 4 is 28.4 Å². The van der Waals surface area contributed by atoms with Crippen LogP contribution in [0.1, 0.15) is 28.8 Å². The number of rotatable bonds is 7. The maximum absolute atomic E-state index is 13.4. The highest BCUT2D eigenvalue weighted by atomic mass is 19.1. The lowest BCUT2D eigenvalue weighted by atomic mass is 9.96. The molecule has 0 spiro atoms. The monoisotopic (exact) mass is 496 g/mol. The number of nitrogens with two attached hydrogens (primary N) is 1. The van der Waals surface area contributed by atoms with E-state index in [-0.39, 0.29) is 23.5 Å². The zero-order valence-electron chi connectivity index (χ0n) is 20.5. The molecule has 1 aliphatic heterocycles. The number of primary amides is 1. The second-order valence-corrected chi connectivity index (χ2v) is 9.50. The van der Waals surface area contributed by atoms with Crippen LogP contribution < -0.4 is 11.1 Å². The Labute approximate surface area is 215 Å². The smallest absolute Gasteiger partial charge is 0.256 e. The van der Waals surface area contributed by atoms with Gasteiger partial charge in [0, 0.05) is 29.1 Å². The van der Waals surface area contributed by atoms with Gasteiger partial charge >= 0.3 is 0 Å². The molecule has 0 aliphatic carbocycles. The van der Waals surface area contributed by atoms with E-state index >= 15 is 0 Å². The van der Waals surface area contributed by atoms with Gasteiger partial charge in [0.15, 0.2) is 0 Å². The molecule has 0 unspecified atom stereocenters. The SMILES string of the molecule is NC(=O)C1CCN(CCc2ccc(NC(=O)c3cc(-c4ccc(F)cc4)nc4ccccc34)cc2)CC1. The lowest BCUT2D eigenvalue weighted by Crippen LogP contribution is -2.39. The zero-order chi connectivity index (χ0) is 25.8. The van der Waals surface area contributed by atoms with Crippen LogP contribution in [0, 0.1) is 11.7 Å². The summed E-state index contributed by atoms with van der Waals surface area (Å²) in [4.78, 5) is 31.7. The number of nitrogens with zero attached hydrogens (tertiary/aromatic N) is 2. The van der Waals surface area contributed by atoms with Crippen LogP contribution >= 0.6 is 0 Å². The number of piperidine rings is 1. The van der Waals surface area contributed by atoms with Crippen molar-refractivity contribution in [3.05, 3.63) is 95.8 Å². The maximum Gasteiger partial charge on any atom is 0.256 e. The number of pyridine rings is 1. The fourth-order valence-electron chi connectivity index (χ4n) is 4.81. The minimum absolute atomic E-state index is 0.00318. The van der Waals surface area contributed by atoms with Gasteiger partial charge in [0.1, 0.15) is 5.82 Å². The third-order valence-electron chi connectivity index (χ3n) is 7.02. The Morgan fingerprint density at radius 3 is 2.38 bits per heavy atom. The number of anilines is 1. The Hall–Kier alpha value is -4.10. The summed E-state index contributed by atoms with van der Waals surface area (Å²) in [6.45, 7) is 2.70. The van der Waals surface area contributed by atoms with Gasteiger partial charge in [-0.15, -0.1) is 0 Å². The van der Waals surface area contributed by atoms with Crippen molar-refractivity contribution in [2.45, 2.75) is 19.3 Å². The first-order valence-electron chi connectivity index (χ1n) is 12.5. The molecular weight excluding hydrogens is 467 g/mol. The van der Waals surface area contributed by atoms with Gasteiger partial charge < -0.3 is 16.0 Å². The average Bonchev–Trinajstić information content (AvgIpc) is 2.92. The van der Waals surface area contributed by atoms with Crippen molar-refractivity contribution in [2.24, 2.45) is 11.7 Å². The predicted octanol–water partition coefficient (Wildman–Crippen LogP) is 5.03. The van der Waals surface area contributed by atoms with Gasteiger partial charge in [-0.2, -0.15) is 0 Å². The molecule has 3 aromatic carbocycles. The van der Waals surface area contributed by atoms with E-state index in [0.717, 1.165) is 49.8 Å². The Morgan fingerprint density at radius 2 is 1.68 bits per heavy atom. The number of carbonyl (C=O) groups is 2. The highest BCUT2D eigenvalue weighted by Gasteiger charge is 2.22. The van der Waals surface area contributed by atoms with Gasteiger partial charge in [0.2, 0.25) is 5.91 Å². The molecule has 1 saturated heterocycles. The number of hydrogen-bond donors (Lipinski definition) is 2. The highest BCUT2D eigenvalue weighted by Crippen LogP contribution is 2.26. The number of para-hydroxylation sites is 1. The molecule has 1 aromatic heterocycles. The van der Waals surface area contributed by atoms with Crippen LogP contribution in [0.15, 0.2) is 78.9 Å². The van der Waals surface area contributed by atoms with Crippen LogP contribution in [0.5, 0.6) is 0 Å². The molecule has 4 aromatic rings. The summed E-state index contributed by atoms with van der Waals surface area (Å²) >= 11 is 0. The number of nitrogens with one attached hydrogen (secondary N) is 1. The predicted molar refractivity (Wildman–Crippen MR) is 144 cm³/mol. The molecule has 188 valence electrons. The average molecular weight is 497 g/mol. The summed E-state index contributed by atoms with van der Waals surface area (Å²) in [5, 5.41) is 3.76. The summed E-state index contributed by atoms with van der Waals surface area (Å²) in [5.41, 5.74) is 9.88. The fourth-order valence-corrected chi connectivity index (χ4v) is 4.81. The largest absolute Gasteiger partial charge is 0.369 e. The number of halogens is 1. The van der Waals surface area contributed by atoms with Crippen LogP contribution in [-0.4, -0.2) is 41.3 Å². The Morgan fingerprint density at radius 1 is 0.973 bits per heavy atom. The van der Waals surface area contributed by atoms with Gasteiger partial charge in [0.25, 0.3) is 5.91 Å². The zero-order valence-corrected chi connectivity index (χ0v) is 20.5. The van der Waals surface area contributed by atoms with Crippen molar-refractivity contribution in [1.82, 2.24) is 9.88 Å². The lowest BCUT2D eigenvalue weighted by Gasteiger charge is -2.30. The van der Waals surface area contributed by atoms with Crippen LogP contribution in [-0.2, 0) is 11.2 Å². The lowest BCUT2D eigenvalue weighted by molar-refractivity contribution is -0.123. The van der Waals surface area contributed by atoms with E-state index in [4.69, 9.17) is 5.73 Å². The summed E-state index contributed by atoms with van der Waals surface area (Å²) < 4.78 is 13.4. The summed E-state index contributed by atoms with van der Waals surface area (Å²) in [7, 11) is 0. The van der Waals surface area contributed by atoms with E-state index in [1.165, 1.54) is 17.7 Å². The van der Waals surface area contributed by atoms with E-state index in [9.17, 15) is 14.0 Å². The van der Waals surface area contributed by atoms with Gasteiger partial charge in [-0.3, -0.25) is 9.59 Å². The van der Waals surface area contributed by atoms with Crippen LogP contribution in [0.3, 0.4) is 0 Å². The fraction of sp³-hybridized carbons (Fsp3) is 0.233. The van der Waals surface area contributed by atoms with Gasteiger partial charge in [0.05, 0.1) is 16.8 Å². The van der Waals surface area contributed by atoms with Gasteiger partial charge in [-0.25, -0.2) is 9.37 Å². The maximum atomic E-state index is 13.4. The van der Waals surface area contributed by atoms with E-state index in [0.29, 0.717) is 22.5 Å². The standard InChI is InChI=1S/C30H29FN4O2/c31-23-9-7-21(8-10-23)28-19-26(25-3-1-2-4-27(25)34-28)30(37)33-24-11-5-20(6-12-24)13-16-35-17-14-22(15-18-35)29(32)36/h1-12,19,22H,13-18H2,(H2,32,36)(H,33,37). The van der Waals surface area contributed by atoms with Crippen molar-refractivity contribution in [1.29, 1.82) is 0 Å². The van der Waals surface area contributed by atoms with Crippen molar-refractivity contribution in [2.75, 3.05) is 25.0 Å². The second-order valence-electron chi connectivity index (χ2n) is 9.50. The number of aromatic nitrogens is 1. The summed E-state index contributed by atoms with van der Waals surface area (Å²) in [6, 6.07) is 23.2. The van der Waals surface area contributed by atoms with Crippen LogP contribution in [0.4, 0.5) is 10.1 Å². The van der Waals surface area contributed by atoms with Crippen LogP contribution in [0.25, 0.3) is 22.2 Å². The third-order valence-corrected chi connectivity index (χ3v) is 7.02. The first-order chi connectivity index (χ1) is 18.0. The van der Waals surface area contributed by atoms with Gasteiger partial charge in [-0.05, 0) is 86.4 Å². The molecule has 2 amide bonds. The first-order valence-corrected chi connectivity index (χ1v) is 12.5. The normalized spacial score (nSPS) is 14.5. The molecule has 3 N–H and O–H groups in total. The quantitative estimate of drug-likeness (QED) is 0.376. The Balaban J connectivity index is 1.27. The topological polar surface area (TPSA) is 88.3 Å². The molecule has 0 radical (unpaired) electrons. The first kappa shape index (κ1) is 24.6. The molecule has 37 heavy (non-hydrogen) atoms. The number of benzene rings is 3. The van der Waals surface area contributed by atoms with E-state index in [2.05, 4.69) is 15.2 Å². The highest BCUT2D eigenvalue weighted by molar-refractivity contribution is 6.13. The Bertz CT molecular complexity index is 1410. The Kier molecular flexibility index (Phi) is 7.23.